The Morgan fingerprint density at radius 2 is 1.84 bits per heavy atom. The average molecular weight is 343 g/mol. The standard InChI is InChI=1S/C21H30N2O2/c1-23(13-15-4-3-5-19(9-15)25-2)14-20(24)22-21-10-16-6-17(11-21)8-18(7-16)12-21/h3-5,9,16-18H,6-8,10-14H2,1-2H3,(H,22,24)/p+1. The third kappa shape index (κ3) is 3.69. The van der Waals surface area contributed by atoms with Crippen molar-refractivity contribution in [3.63, 3.8) is 0 Å². The lowest BCUT2D eigenvalue weighted by Gasteiger charge is -2.56. The Labute approximate surface area is 150 Å². The Balaban J connectivity index is 1.32. The number of rotatable bonds is 6. The summed E-state index contributed by atoms with van der Waals surface area (Å²) in [4.78, 5) is 13.9. The fourth-order valence-electron chi connectivity index (χ4n) is 6.07. The molecule has 0 spiro atoms. The Kier molecular flexibility index (Phi) is 4.48. The minimum atomic E-state index is 0.127. The van der Waals surface area contributed by atoms with E-state index in [1.807, 2.05) is 12.1 Å². The van der Waals surface area contributed by atoms with Gasteiger partial charge < -0.3 is 15.0 Å². The van der Waals surface area contributed by atoms with Crippen molar-refractivity contribution in [3.05, 3.63) is 29.8 Å². The van der Waals surface area contributed by atoms with Gasteiger partial charge >= 0.3 is 0 Å². The lowest BCUT2D eigenvalue weighted by molar-refractivity contribution is -0.885. The zero-order valence-corrected chi connectivity index (χ0v) is 15.5. The van der Waals surface area contributed by atoms with Gasteiger partial charge in [-0.05, 0) is 68.4 Å². The molecule has 4 aliphatic rings. The first-order valence-electron chi connectivity index (χ1n) is 9.79. The third-order valence-electron chi connectivity index (χ3n) is 6.55. The van der Waals surface area contributed by atoms with Crippen LogP contribution in [0.4, 0.5) is 0 Å². The predicted octanol–water partition coefficient (Wildman–Crippen LogP) is 1.79. The van der Waals surface area contributed by atoms with Crippen LogP contribution in [0.3, 0.4) is 0 Å². The Morgan fingerprint density at radius 1 is 1.20 bits per heavy atom. The van der Waals surface area contributed by atoms with Crippen LogP contribution in [0.25, 0.3) is 0 Å². The highest BCUT2D eigenvalue weighted by Crippen LogP contribution is 2.55. The van der Waals surface area contributed by atoms with Crippen molar-refractivity contribution in [1.82, 2.24) is 5.32 Å². The summed E-state index contributed by atoms with van der Waals surface area (Å²) in [5.74, 6) is 3.71. The molecule has 1 aromatic carbocycles. The number of benzene rings is 1. The smallest absolute Gasteiger partial charge is 0.275 e. The van der Waals surface area contributed by atoms with E-state index in [2.05, 4.69) is 24.5 Å². The molecule has 4 nitrogen and oxygen atoms in total. The van der Waals surface area contributed by atoms with Crippen LogP contribution >= 0.6 is 0 Å². The van der Waals surface area contributed by atoms with Crippen LogP contribution in [0, 0.1) is 17.8 Å². The molecular weight excluding hydrogens is 312 g/mol. The molecule has 0 aliphatic heterocycles. The highest BCUT2D eigenvalue weighted by Gasteiger charge is 2.51. The number of ether oxygens (including phenoxy) is 1. The van der Waals surface area contributed by atoms with Crippen molar-refractivity contribution in [2.45, 2.75) is 50.6 Å². The highest BCUT2D eigenvalue weighted by molar-refractivity contribution is 5.77. The van der Waals surface area contributed by atoms with Gasteiger partial charge in [0, 0.05) is 11.1 Å². The quantitative estimate of drug-likeness (QED) is 0.827. The van der Waals surface area contributed by atoms with E-state index in [9.17, 15) is 4.79 Å². The van der Waals surface area contributed by atoms with Crippen LogP contribution in [-0.4, -0.2) is 32.1 Å². The van der Waals surface area contributed by atoms with Crippen molar-refractivity contribution in [2.75, 3.05) is 20.7 Å². The summed E-state index contributed by atoms with van der Waals surface area (Å²) >= 11 is 0. The number of amides is 1. The van der Waals surface area contributed by atoms with E-state index >= 15 is 0 Å². The van der Waals surface area contributed by atoms with Gasteiger partial charge in [-0.25, -0.2) is 0 Å². The van der Waals surface area contributed by atoms with Crippen LogP contribution in [0.15, 0.2) is 24.3 Å². The number of hydrogen-bond acceptors (Lipinski definition) is 2. The summed E-state index contributed by atoms with van der Waals surface area (Å²) < 4.78 is 5.29. The second-order valence-electron chi connectivity index (χ2n) is 8.91. The molecular formula is C21H31N2O2+. The van der Waals surface area contributed by atoms with Gasteiger partial charge in [0.15, 0.2) is 6.54 Å². The molecule has 5 rings (SSSR count). The van der Waals surface area contributed by atoms with Gasteiger partial charge in [-0.3, -0.25) is 4.79 Å². The van der Waals surface area contributed by atoms with Crippen molar-refractivity contribution in [3.8, 4) is 5.75 Å². The number of carbonyl (C=O) groups is 1. The topological polar surface area (TPSA) is 42.8 Å². The zero-order chi connectivity index (χ0) is 17.4. The second-order valence-corrected chi connectivity index (χ2v) is 8.91. The normalized spacial score (nSPS) is 33.9. The predicted molar refractivity (Wildman–Crippen MR) is 97.5 cm³/mol. The van der Waals surface area contributed by atoms with Gasteiger partial charge in [-0.2, -0.15) is 0 Å². The number of quaternary nitrogens is 1. The summed E-state index contributed by atoms with van der Waals surface area (Å²) in [6.07, 6.45) is 7.90. The fourth-order valence-corrected chi connectivity index (χ4v) is 6.07. The second kappa shape index (κ2) is 6.64. The SMILES string of the molecule is COc1cccc(C[NH+](C)CC(=O)NC23CC4CC(CC(C4)C2)C3)c1. The number of nitrogens with one attached hydrogen (secondary N) is 2. The molecule has 0 aromatic heterocycles. The lowest BCUT2D eigenvalue weighted by atomic mass is 9.53. The first kappa shape index (κ1) is 16.9. The van der Waals surface area contributed by atoms with Gasteiger partial charge in [0.05, 0.1) is 14.2 Å². The van der Waals surface area contributed by atoms with E-state index in [0.29, 0.717) is 6.54 Å². The molecule has 25 heavy (non-hydrogen) atoms. The summed E-state index contributed by atoms with van der Waals surface area (Å²) in [5, 5.41) is 3.48. The maximum Gasteiger partial charge on any atom is 0.275 e. The molecule has 0 radical (unpaired) electrons. The summed E-state index contributed by atoms with van der Waals surface area (Å²) in [6.45, 7) is 1.38. The van der Waals surface area contributed by atoms with Crippen LogP contribution in [0.2, 0.25) is 0 Å². The maximum absolute atomic E-state index is 12.7. The lowest BCUT2D eigenvalue weighted by Crippen LogP contribution is -3.09. The van der Waals surface area contributed by atoms with Crippen molar-refractivity contribution >= 4 is 5.91 Å². The molecule has 0 saturated heterocycles. The molecule has 4 aliphatic carbocycles. The number of methoxy groups -OCH3 is 1. The number of likely N-dealkylation sites (N-methyl/N-ethyl adjacent to an activating group) is 1. The van der Waals surface area contributed by atoms with Crippen LogP contribution < -0.4 is 15.0 Å². The van der Waals surface area contributed by atoms with Crippen LogP contribution in [-0.2, 0) is 11.3 Å². The van der Waals surface area contributed by atoms with E-state index in [1.165, 1.54) is 49.0 Å². The molecule has 1 aromatic rings. The maximum atomic E-state index is 12.7. The zero-order valence-electron chi connectivity index (χ0n) is 15.5. The van der Waals surface area contributed by atoms with Gasteiger partial charge in [-0.1, -0.05) is 12.1 Å². The molecule has 4 saturated carbocycles. The van der Waals surface area contributed by atoms with Gasteiger partial charge in [0.25, 0.3) is 5.91 Å². The monoisotopic (exact) mass is 343 g/mol. The minimum Gasteiger partial charge on any atom is -0.497 e. The van der Waals surface area contributed by atoms with Crippen molar-refractivity contribution < 1.29 is 14.4 Å². The average Bonchev–Trinajstić information content (AvgIpc) is 2.52. The van der Waals surface area contributed by atoms with Crippen molar-refractivity contribution in [2.24, 2.45) is 17.8 Å². The Bertz CT molecular complexity index is 607. The van der Waals surface area contributed by atoms with Gasteiger partial charge in [0.1, 0.15) is 12.3 Å². The molecule has 4 fully saturated rings. The molecule has 2 N–H and O–H groups in total. The Morgan fingerprint density at radius 3 is 2.44 bits per heavy atom. The Hall–Kier alpha value is -1.55. The third-order valence-corrected chi connectivity index (χ3v) is 6.55. The van der Waals surface area contributed by atoms with E-state index in [1.54, 1.807) is 7.11 Å². The molecule has 1 unspecified atom stereocenters. The largest absolute Gasteiger partial charge is 0.497 e. The van der Waals surface area contributed by atoms with E-state index < -0.39 is 0 Å². The van der Waals surface area contributed by atoms with Crippen LogP contribution in [0.5, 0.6) is 5.75 Å². The van der Waals surface area contributed by atoms with Gasteiger partial charge in [-0.15, -0.1) is 0 Å². The summed E-state index contributed by atoms with van der Waals surface area (Å²) in [6, 6.07) is 8.12. The minimum absolute atomic E-state index is 0.127. The van der Waals surface area contributed by atoms with E-state index in [4.69, 9.17) is 4.74 Å². The summed E-state index contributed by atoms with van der Waals surface area (Å²) in [7, 11) is 3.79. The molecule has 136 valence electrons. The van der Waals surface area contributed by atoms with Crippen molar-refractivity contribution in [1.29, 1.82) is 0 Å². The van der Waals surface area contributed by atoms with E-state index in [0.717, 1.165) is 30.0 Å². The molecule has 1 amide bonds. The summed E-state index contributed by atoms with van der Waals surface area (Å²) in [5.41, 5.74) is 1.33. The highest BCUT2D eigenvalue weighted by atomic mass is 16.5. The van der Waals surface area contributed by atoms with E-state index in [-0.39, 0.29) is 11.4 Å². The number of hydrogen-bond donors (Lipinski definition) is 2. The molecule has 0 heterocycles. The van der Waals surface area contributed by atoms with Gasteiger partial charge in [0.2, 0.25) is 0 Å². The van der Waals surface area contributed by atoms with Crippen LogP contribution in [0.1, 0.15) is 44.1 Å². The first-order valence-corrected chi connectivity index (χ1v) is 9.79. The molecule has 1 atom stereocenters. The fraction of sp³-hybridized carbons (Fsp3) is 0.667. The number of carbonyl (C=O) groups excluding carboxylic acids is 1. The first-order chi connectivity index (χ1) is 12.0. The molecule has 4 heteroatoms. The molecule has 4 bridgehead atoms.